The Kier molecular flexibility index (Phi) is 4.25. The minimum absolute atomic E-state index is 0.300. The summed E-state index contributed by atoms with van der Waals surface area (Å²) in [6, 6.07) is 8.24. The zero-order valence-electron chi connectivity index (χ0n) is 12.0. The van der Waals surface area contributed by atoms with E-state index in [9.17, 15) is 5.11 Å². The van der Waals surface area contributed by atoms with Crippen LogP contribution in [-0.4, -0.2) is 14.9 Å². The third-order valence-corrected chi connectivity index (χ3v) is 3.40. The summed E-state index contributed by atoms with van der Waals surface area (Å²) in [5.41, 5.74) is 4.12. The van der Waals surface area contributed by atoms with Gasteiger partial charge in [-0.05, 0) is 25.3 Å². The molecule has 1 aromatic carbocycles. The smallest absolute Gasteiger partial charge is 0.217 e. The zero-order chi connectivity index (χ0) is 13.8. The van der Waals surface area contributed by atoms with Crippen LogP contribution in [0.2, 0.25) is 0 Å². The zero-order valence-corrected chi connectivity index (χ0v) is 12.0. The van der Waals surface area contributed by atoms with E-state index in [2.05, 4.69) is 50.1 Å². The maximum Gasteiger partial charge on any atom is 0.217 e. The van der Waals surface area contributed by atoms with Crippen molar-refractivity contribution in [3.05, 3.63) is 35.5 Å². The van der Waals surface area contributed by atoms with Crippen LogP contribution in [0.25, 0.3) is 11.1 Å². The fourth-order valence-corrected chi connectivity index (χ4v) is 2.23. The molecular formula is C16H22N2O. The normalized spacial score (nSPS) is 10.9. The fraction of sp³-hybridized carbons (Fsp3) is 0.438. The second kappa shape index (κ2) is 5.91. The third kappa shape index (κ3) is 2.80. The monoisotopic (exact) mass is 258 g/mol. The Balaban J connectivity index is 2.43. The van der Waals surface area contributed by atoms with Crippen molar-refractivity contribution < 1.29 is 5.11 Å². The van der Waals surface area contributed by atoms with Gasteiger partial charge in [-0.15, -0.1) is 0 Å². The van der Waals surface area contributed by atoms with Gasteiger partial charge < -0.3 is 5.11 Å². The fourth-order valence-electron chi connectivity index (χ4n) is 2.23. The Labute approximate surface area is 114 Å². The average Bonchev–Trinajstić information content (AvgIpc) is 2.74. The van der Waals surface area contributed by atoms with E-state index in [-0.39, 0.29) is 0 Å². The van der Waals surface area contributed by atoms with Crippen LogP contribution in [0.4, 0.5) is 0 Å². The molecule has 3 nitrogen and oxygen atoms in total. The second-order valence-electron chi connectivity index (χ2n) is 4.94. The number of aromatic nitrogens is 2. The van der Waals surface area contributed by atoms with Crippen LogP contribution < -0.4 is 0 Å². The maximum atomic E-state index is 10.4. The SMILES string of the molecule is CCCCn1nc(CC)c(-c2ccc(C)cc2)c1O. The first-order valence-electron chi connectivity index (χ1n) is 7.03. The van der Waals surface area contributed by atoms with Crippen LogP contribution in [0, 0.1) is 6.92 Å². The van der Waals surface area contributed by atoms with Crippen LogP contribution in [0.1, 0.15) is 37.9 Å². The number of hydrogen-bond acceptors (Lipinski definition) is 2. The lowest BCUT2D eigenvalue weighted by Crippen LogP contribution is -1.99. The highest BCUT2D eigenvalue weighted by Crippen LogP contribution is 2.33. The van der Waals surface area contributed by atoms with Crippen LogP contribution in [-0.2, 0) is 13.0 Å². The largest absolute Gasteiger partial charge is 0.493 e. The number of hydrogen-bond donors (Lipinski definition) is 1. The van der Waals surface area contributed by atoms with E-state index in [0.29, 0.717) is 5.88 Å². The molecule has 0 aliphatic rings. The van der Waals surface area contributed by atoms with Crippen molar-refractivity contribution in [1.82, 2.24) is 9.78 Å². The van der Waals surface area contributed by atoms with Gasteiger partial charge in [-0.1, -0.05) is 50.1 Å². The molecule has 0 radical (unpaired) electrons. The van der Waals surface area contributed by atoms with Gasteiger partial charge in [0.1, 0.15) is 0 Å². The van der Waals surface area contributed by atoms with Gasteiger partial charge in [0.25, 0.3) is 0 Å². The second-order valence-corrected chi connectivity index (χ2v) is 4.94. The van der Waals surface area contributed by atoms with Gasteiger partial charge in [0.2, 0.25) is 5.88 Å². The summed E-state index contributed by atoms with van der Waals surface area (Å²) >= 11 is 0. The molecule has 0 amide bonds. The Bertz CT molecular complexity index is 541. The first kappa shape index (κ1) is 13.7. The lowest BCUT2D eigenvalue weighted by molar-refractivity contribution is 0.394. The molecule has 0 atom stereocenters. The van der Waals surface area contributed by atoms with Gasteiger partial charge in [-0.25, -0.2) is 4.68 Å². The lowest BCUT2D eigenvalue weighted by atomic mass is 10.0. The highest BCUT2D eigenvalue weighted by molar-refractivity contribution is 5.71. The molecule has 1 heterocycles. The highest BCUT2D eigenvalue weighted by atomic mass is 16.3. The van der Waals surface area contributed by atoms with E-state index in [4.69, 9.17) is 0 Å². The maximum absolute atomic E-state index is 10.4. The average molecular weight is 258 g/mol. The minimum Gasteiger partial charge on any atom is -0.493 e. The third-order valence-electron chi connectivity index (χ3n) is 3.40. The van der Waals surface area contributed by atoms with Crippen LogP contribution >= 0.6 is 0 Å². The molecule has 0 aliphatic carbocycles. The molecule has 2 aromatic rings. The summed E-state index contributed by atoms with van der Waals surface area (Å²) in [6.07, 6.45) is 2.96. The van der Waals surface area contributed by atoms with E-state index in [1.807, 2.05) is 0 Å². The van der Waals surface area contributed by atoms with Gasteiger partial charge in [0.05, 0.1) is 11.3 Å². The van der Waals surface area contributed by atoms with Crippen molar-refractivity contribution in [3.63, 3.8) is 0 Å². The van der Waals surface area contributed by atoms with Gasteiger partial charge in [0.15, 0.2) is 0 Å². The summed E-state index contributed by atoms with van der Waals surface area (Å²) in [6.45, 7) is 7.06. The molecule has 0 fully saturated rings. The lowest BCUT2D eigenvalue weighted by Gasteiger charge is -2.04. The first-order chi connectivity index (χ1) is 9.17. The van der Waals surface area contributed by atoms with E-state index in [1.54, 1.807) is 4.68 Å². The Hall–Kier alpha value is -1.77. The van der Waals surface area contributed by atoms with E-state index in [0.717, 1.165) is 42.6 Å². The predicted octanol–water partition coefficient (Wildman–Crippen LogP) is 3.93. The number of aryl methyl sites for hydroxylation is 3. The van der Waals surface area contributed by atoms with Crippen molar-refractivity contribution in [3.8, 4) is 17.0 Å². The Morgan fingerprint density at radius 3 is 2.42 bits per heavy atom. The summed E-state index contributed by atoms with van der Waals surface area (Å²) in [5.74, 6) is 0.300. The molecule has 0 unspecified atom stereocenters. The molecule has 0 saturated carbocycles. The quantitative estimate of drug-likeness (QED) is 0.882. The van der Waals surface area contributed by atoms with Crippen LogP contribution in [0.15, 0.2) is 24.3 Å². The summed E-state index contributed by atoms with van der Waals surface area (Å²) in [7, 11) is 0. The molecule has 19 heavy (non-hydrogen) atoms. The van der Waals surface area contributed by atoms with Crippen molar-refractivity contribution >= 4 is 0 Å². The molecule has 0 spiro atoms. The number of unbranched alkanes of at least 4 members (excludes halogenated alkanes) is 1. The molecule has 102 valence electrons. The summed E-state index contributed by atoms with van der Waals surface area (Å²) < 4.78 is 1.73. The number of nitrogens with zero attached hydrogens (tertiary/aromatic N) is 2. The molecule has 0 bridgehead atoms. The first-order valence-corrected chi connectivity index (χ1v) is 7.03. The Morgan fingerprint density at radius 2 is 1.84 bits per heavy atom. The van der Waals surface area contributed by atoms with Gasteiger partial charge >= 0.3 is 0 Å². The number of aromatic hydroxyl groups is 1. The molecule has 0 saturated heterocycles. The van der Waals surface area contributed by atoms with Crippen molar-refractivity contribution in [2.75, 3.05) is 0 Å². The minimum atomic E-state index is 0.300. The topological polar surface area (TPSA) is 38.0 Å². The van der Waals surface area contributed by atoms with Gasteiger partial charge in [-0.3, -0.25) is 0 Å². The summed E-state index contributed by atoms with van der Waals surface area (Å²) in [5, 5.41) is 14.9. The van der Waals surface area contributed by atoms with Crippen molar-refractivity contribution in [1.29, 1.82) is 0 Å². The van der Waals surface area contributed by atoms with Gasteiger partial charge in [-0.2, -0.15) is 5.10 Å². The van der Waals surface area contributed by atoms with Crippen molar-refractivity contribution in [2.24, 2.45) is 0 Å². The van der Waals surface area contributed by atoms with E-state index in [1.165, 1.54) is 5.56 Å². The molecular weight excluding hydrogens is 236 g/mol. The molecule has 0 aliphatic heterocycles. The molecule has 1 N–H and O–H groups in total. The van der Waals surface area contributed by atoms with E-state index < -0.39 is 0 Å². The van der Waals surface area contributed by atoms with Crippen LogP contribution in [0.5, 0.6) is 5.88 Å². The summed E-state index contributed by atoms with van der Waals surface area (Å²) in [4.78, 5) is 0. The molecule has 2 rings (SSSR count). The number of rotatable bonds is 5. The molecule has 1 aromatic heterocycles. The van der Waals surface area contributed by atoms with E-state index >= 15 is 0 Å². The number of benzene rings is 1. The highest BCUT2D eigenvalue weighted by Gasteiger charge is 2.17. The van der Waals surface area contributed by atoms with Crippen LogP contribution in [0.3, 0.4) is 0 Å². The Morgan fingerprint density at radius 1 is 1.16 bits per heavy atom. The molecule has 3 heteroatoms. The van der Waals surface area contributed by atoms with Gasteiger partial charge in [0, 0.05) is 6.54 Å². The van der Waals surface area contributed by atoms with Crippen molar-refractivity contribution in [2.45, 2.75) is 46.6 Å². The predicted molar refractivity (Wildman–Crippen MR) is 78.4 cm³/mol. The standard InChI is InChI=1S/C16H22N2O/c1-4-6-11-18-16(19)15(14(5-2)17-18)13-9-7-12(3)8-10-13/h7-10,19H,4-6,11H2,1-3H3.